The van der Waals surface area contributed by atoms with Crippen LogP contribution in [-0.4, -0.2) is 14.4 Å². The third kappa shape index (κ3) is 9.13. The van der Waals surface area contributed by atoms with E-state index < -0.39 is 0 Å². The lowest BCUT2D eigenvalue weighted by atomic mass is 10.1. The fourth-order valence-electron chi connectivity index (χ4n) is 0.796. The molecular formula is C11H15Br4. The van der Waals surface area contributed by atoms with Crippen LogP contribution in [0.5, 0.6) is 0 Å². The minimum atomic E-state index is 0.353. The predicted octanol–water partition coefficient (Wildman–Crippen LogP) is 5.61. The van der Waals surface area contributed by atoms with Crippen molar-refractivity contribution in [2.45, 2.75) is 17.1 Å². The van der Waals surface area contributed by atoms with E-state index in [-0.39, 0.29) is 0 Å². The Hall–Kier alpha value is 1.40. The highest BCUT2D eigenvalue weighted by atomic mass is 79.9. The number of alkyl halides is 4. The molecule has 0 amide bonds. The van der Waals surface area contributed by atoms with Crippen molar-refractivity contribution < 1.29 is 0 Å². The highest BCUT2D eigenvalue weighted by Crippen LogP contribution is 2.20. The molecular weight excluding hydrogens is 452 g/mol. The van der Waals surface area contributed by atoms with Crippen molar-refractivity contribution in [2.75, 3.05) is 10.7 Å². The Balaban J connectivity index is 3.74. The summed E-state index contributed by atoms with van der Waals surface area (Å²) in [4.78, 5) is 0. The minimum Gasteiger partial charge on any atom is -0.0880 e. The summed E-state index contributed by atoms with van der Waals surface area (Å²) in [6, 6.07) is 0. The first-order valence-electron chi connectivity index (χ1n) is 4.69. The molecule has 0 saturated heterocycles. The van der Waals surface area contributed by atoms with Crippen molar-refractivity contribution in [2.24, 2.45) is 5.92 Å². The van der Waals surface area contributed by atoms with Gasteiger partial charge in [-0.3, -0.25) is 0 Å². The van der Waals surface area contributed by atoms with Crippen LogP contribution >= 0.6 is 63.7 Å². The summed E-state index contributed by atoms with van der Waals surface area (Å²) in [5, 5.41) is 1.88. The quantitative estimate of drug-likeness (QED) is 0.260. The number of allylic oxidation sites excluding steroid dienone is 4. The third-order valence-corrected chi connectivity index (χ3v) is 4.94. The summed E-state index contributed by atoms with van der Waals surface area (Å²) >= 11 is 13.9. The molecule has 0 N–H and O–H groups in total. The SMILES string of the molecule is CC(C=C[CH]CC=C(CBr)CBr)C(Br)Br. The fraction of sp³-hybridized carbons (Fsp3) is 0.545. The van der Waals surface area contributed by atoms with Gasteiger partial charge in [-0.25, -0.2) is 0 Å². The molecule has 0 aromatic carbocycles. The molecule has 0 bridgehead atoms. The third-order valence-electron chi connectivity index (χ3n) is 1.83. The van der Waals surface area contributed by atoms with E-state index in [1.165, 1.54) is 5.57 Å². The molecule has 4 heteroatoms. The van der Waals surface area contributed by atoms with Gasteiger partial charge >= 0.3 is 0 Å². The number of unbranched alkanes of at least 4 members (excludes halogenated alkanes) is 1. The Morgan fingerprint density at radius 1 is 1.20 bits per heavy atom. The summed E-state index contributed by atoms with van der Waals surface area (Å²) in [5.74, 6) is 0.497. The first-order chi connectivity index (χ1) is 7.11. The molecule has 0 rings (SSSR count). The second-order valence-electron chi connectivity index (χ2n) is 3.18. The van der Waals surface area contributed by atoms with E-state index in [2.05, 4.69) is 95.3 Å². The van der Waals surface area contributed by atoms with Crippen molar-refractivity contribution in [3.8, 4) is 0 Å². The maximum absolute atomic E-state index is 3.48. The average molecular weight is 467 g/mol. The van der Waals surface area contributed by atoms with Crippen LogP contribution in [0.4, 0.5) is 0 Å². The van der Waals surface area contributed by atoms with Gasteiger partial charge < -0.3 is 0 Å². The Morgan fingerprint density at radius 3 is 2.27 bits per heavy atom. The molecule has 87 valence electrons. The molecule has 0 heterocycles. The zero-order valence-corrected chi connectivity index (χ0v) is 14.9. The molecule has 0 aliphatic carbocycles. The van der Waals surface area contributed by atoms with Crippen LogP contribution in [-0.2, 0) is 0 Å². The van der Waals surface area contributed by atoms with Crippen molar-refractivity contribution in [1.29, 1.82) is 0 Å². The van der Waals surface area contributed by atoms with Gasteiger partial charge in [0.25, 0.3) is 0 Å². The molecule has 15 heavy (non-hydrogen) atoms. The normalized spacial score (nSPS) is 13.5. The standard InChI is InChI=1S/C11H15Br4/c1-9(11(14)15)5-3-2-4-6-10(7-12)8-13/h2-3,5-6,9,11H,4,7-8H2,1H3. The van der Waals surface area contributed by atoms with Gasteiger partial charge in [-0.2, -0.15) is 0 Å². The Kier molecular flexibility index (Phi) is 11.5. The average Bonchev–Trinajstić information content (AvgIpc) is 2.23. The Bertz CT molecular complexity index is 203. The Labute approximate surface area is 126 Å². The first kappa shape index (κ1) is 16.4. The van der Waals surface area contributed by atoms with Gasteiger partial charge in [-0.05, 0) is 18.8 Å². The topological polar surface area (TPSA) is 0 Å². The van der Waals surface area contributed by atoms with Crippen molar-refractivity contribution in [3.05, 3.63) is 30.2 Å². The molecule has 0 aliphatic heterocycles. The maximum atomic E-state index is 3.48. The minimum absolute atomic E-state index is 0.353. The molecule has 0 spiro atoms. The van der Waals surface area contributed by atoms with Crippen molar-refractivity contribution in [1.82, 2.24) is 0 Å². The van der Waals surface area contributed by atoms with Gasteiger partial charge in [0.1, 0.15) is 0 Å². The van der Waals surface area contributed by atoms with Crippen LogP contribution in [0.1, 0.15) is 13.3 Å². The van der Waals surface area contributed by atoms with Gasteiger partial charge in [0.15, 0.2) is 0 Å². The molecule has 1 radical (unpaired) electrons. The zero-order chi connectivity index (χ0) is 11.7. The fourth-order valence-corrected chi connectivity index (χ4v) is 2.53. The lowest BCUT2D eigenvalue weighted by Crippen LogP contribution is -1.98. The van der Waals surface area contributed by atoms with Crippen LogP contribution in [0.25, 0.3) is 0 Å². The molecule has 0 fully saturated rings. The second kappa shape index (κ2) is 10.5. The first-order valence-corrected chi connectivity index (χ1v) is 8.77. The molecule has 1 atom stereocenters. The maximum Gasteiger partial charge on any atom is 0.0757 e. The van der Waals surface area contributed by atoms with E-state index >= 15 is 0 Å². The van der Waals surface area contributed by atoms with Crippen LogP contribution in [0, 0.1) is 12.3 Å². The highest BCUT2D eigenvalue weighted by molar-refractivity contribution is 9.24. The number of hydrogen-bond acceptors (Lipinski definition) is 0. The summed E-state index contributed by atoms with van der Waals surface area (Å²) in [6.07, 6.45) is 9.70. The van der Waals surface area contributed by atoms with E-state index in [1.54, 1.807) is 0 Å². The van der Waals surface area contributed by atoms with Gasteiger partial charge in [0.2, 0.25) is 0 Å². The summed E-state index contributed by atoms with van der Waals surface area (Å²) in [6.45, 7) is 2.16. The van der Waals surface area contributed by atoms with E-state index in [1.807, 2.05) is 0 Å². The van der Waals surface area contributed by atoms with Crippen LogP contribution < -0.4 is 0 Å². The monoisotopic (exact) mass is 463 g/mol. The van der Waals surface area contributed by atoms with E-state index in [0.29, 0.717) is 9.65 Å². The molecule has 0 aliphatic rings. The van der Waals surface area contributed by atoms with Crippen LogP contribution in [0.15, 0.2) is 23.8 Å². The molecule has 0 aromatic heterocycles. The number of hydrogen-bond donors (Lipinski definition) is 0. The van der Waals surface area contributed by atoms with Crippen molar-refractivity contribution in [3.63, 3.8) is 0 Å². The van der Waals surface area contributed by atoms with E-state index in [9.17, 15) is 0 Å². The second-order valence-corrected chi connectivity index (χ2v) is 7.50. The summed E-state index contributed by atoms with van der Waals surface area (Å²) in [5.41, 5.74) is 1.38. The van der Waals surface area contributed by atoms with Gasteiger partial charge in [-0.1, -0.05) is 94.4 Å². The highest BCUT2D eigenvalue weighted by Gasteiger charge is 2.04. The van der Waals surface area contributed by atoms with Gasteiger partial charge in [0, 0.05) is 10.7 Å². The summed E-state index contributed by atoms with van der Waals surface area (Å²) in [7, 11) is 0. The lowest BCUT2D eigenvalue weighted by Gasteiger charge is -2.05. The largest absolute Gasteiger partial charge is 0.0880 e. The van der Waals surface area contributed by atoms with Crippen LogP contribution in [0.2, 0.25) is 0 Å². The van der Waals surface area contributed by atoms with Gasteiger partial charge in [0.05, 0.1) is 3.74 Å². The number of halogens is 4. The zero-order valence-electron chi connectivity index (χ0n) is 8.60. The smallest absolute Gasteiger partial charge is 0.0757 e. The van der Waals surface area contributed by atoms with E-state index in [4.69, 9.17) is 0 Å². The van der Waals surface area contributed by atoms with Crippen LogP contribution in [0.3, 0.4) is 0 Å². The summed E-state index contributed by atoms with van der Waals surface area (Å²) < 4.78 is 0.353. The lowest BCUT2D eigenvalue weighted by molar-refractivity contribution is 0.826. The van der Waals surface area contributed by atoms with E-state index in [0.717, 1.165) is 17.1 Å². The Morgan fingerprint density at radius 2 is 1.80 bits per heavy atom. The predicted molar refractivity (Wildman–Crippen MR) is 84.5 cm³/mol. The van der Waals surface area contributed by atoms with Gasteiger partial charge in [-0.15, -0.1) is 0 Å². The molecule has 0 saturated carbocycles. The molecule has 1 unspecified atom stereocenters. The molecule has 0 nitrogen and oxygen atoms in total. The van der Waals surface area contributed by atoms with Crippen molar-refractivity contribution >= 4 is 63.7 Å². The number of rotatable bonds is 7. The molecule has 0 aromatic rings.